The molecule has 1 unspecified atom stereocenters. The van der Waals surface area contributed by atoms with Crippen LogP contribution in [0.25, 0.3) is 0 Å². The monoisotopic (exact) mass is 242 g/mol. The minimum atomic E-state index is -0.207. The molecule has 0 aromatic heterocycles. The Morgan fingerprint density at radius 3 is 2.41 bits per heavy atom. The summed E-state index contributed by atoms with van der Waals surface area (Å²) in [5.74, 6) is -0.207. The van der Waals surface area contributed by atoms with Crippen LogP contribution in [0.4, 0.5) is 0 Å². The van der Waals surface area contributed by atoms with E-state index in [-0.39, 0.29) is 12.1 Å². The molecule has 1 N–H and O–H groups in total. The van der Waals surface area contributed by atoms with Gasteiger partial charge in [-0.15, -0.1) is 0 Å². The number of allylic oxidation sites excluding steroid dienone is 1. The van der Waals surface area contributed by atoms with Crippen molar-refractivity contribution in [1.82, 2.24) is 0 Å². The predicted octanol–water partition coefficient (Wildman–Crippen LogP) is 3.22. The first kappa shape index (κ1) is 16.2. The molecule has 0 aliphatic rings. The van der Waals surface area contributed by atoms with Crippen LogP contribution in [-0.2, 0) is 9.53 Å². The molecule has 0 radical (unpaired) electrons. The van der Waals surface area contributed by atoms with Gasteiger partial charge in [0, 0.05) is 5.57 Å². The van der Waals surface area contributed by atoms with Crippen LogP contribution in [0.2, 0.25) is 0 Å². The normalized spacial score (nSPS) is 13.5. The second kappa shape index (κ2) is 10.3. The first-order chi connectivity index (χ1) is 8.07. The molecule has 0 aromatic rings. The molecule has 0 saturated heterocycles. The molecule has 3 heteroatoms. The van der Waals surface area contributed by atoms with Gasteiger partial charge in [0.15, 0.2) is 0 Å². The van der Waals surface area contributed by atoms with E-state index in [9.17, 15) is 4.79 Å². The third-order valence-corrected chi connectivity index (χ3v) is 2.75. The van der Waals surface area contributed by atoms with Gasteiger partial charge in [0.2, 0.25) is 0 Å². The highest BCUT2D eigenvalue weighted by Crippen LogP contribution is 2.07. The number of hydrogen-bond donors (Lipinski definition) is 1. The van der Waals surface area contributed by atoms with Crippen molar-refractivity contribution in [2.45, 2.75) is 65.4 Å². The zero-order valence-electron chi connectivity index (χ0n) is 11.4. The van der Waals surface area contributed by atoms with E-state index in [4.69, 9.17) is 9.84 Å². The van der Waals surface area contributed by atoms with Gasteiger partial charge in [-0.3, -0.25) is 0 Å². The minimum Gasteiger partial charge on any atom is -0.462 e. The zero-order chi connectivity index (χ0) is 13.1. The van der Waals surface area contributed by atoms with Gasteiger partial charge in [0.25, 0.3) is 0 Å². The summed E-state index contributed by atoms with van der Waals surface area (Å²) in [5.41, 5.74) is 0.668. The fourth-order valence-electron chi connectivity index (χ4n) is 1.47. The first-order valence-corrected chi connectivity index (χ1v) is 6.56. The van der Waals surface area contributed by atoms with Crippen LogP contribution < -0.4 is 0 Å². The summed E-state index contributed by atoms with van der Waals surface area (Å²) in [6.07, 6.45) is 7.85. The average Bonchev–Trinajstić information content (AvgIpc) is 2.30. The molecule has 0 aromatic carbocycles. The lowest BCUT2D eigenvalue weighted by molar-refractivity contribution is -0.139. The lowest BCUT2D eigenvalue weighted by Gasteiger charge is -2.05. The fourth-order valence-corrected chi connectivity index (χ4v) is 1.47. The molecule has 0 aliphatic carbocycles. The Morgan fingerprint density at radius 1 is 1.24 bits per heavy atom. The molecule has 0 fully saturated rings. The maximum atomic E-state index is 11.3. The van der Waals surface area contributed by atoms with Gasteiger partial charge in [-0.2, -0.15) is 0 Å². The first-order valence-electron chi connectivity index (χ1n) is 6.56. The maximum Gasteiger partial charge on any atom is 0.333 e. The summed E-state index contributed by atoms with van der Waals surface area (Å²) in [7, 11) is 0. The maximum absolute atomic E-state index is 11.3. The van der Waals surface area contributed by atoms with Gasteiger partial charge in [-0.1, -0.05) is 31.8 Å². The van der Waals surface area contributed by atoms with Crippen LogP contribution in [0.3, 0.4) is 0 Å². The average molecular weight is 242 g/mol. The van der Waals surface area contributed by atoms with Crippen molar-refractivity contribution >= 4 is 5.97 Å². The van der Waals surface area contributed by atoms with Crippen molar-refractivity contribution in [3.63, 3.8) is 0 Å². The Hall–Kier alpha value is -0.830. The van der Waals surface area contributed by atoms with Crippen molar-refractivity contribution in [3.8, 4) is 0 Å². The van der Waals surface area contributed by atoms with E-state index in [1.165, 1.54) is 0 Å². The Kier molecular flexibility index (Phi) is 9.83. The Labute approximate surface area is 105 Å². The number of unbranched alkanes of at least 4 members (excludes halogenated alkanes) is 4. The van der Waals surface area contributed by atoms with Crippen molar-refractivity contribution in [3.05, 3.63) is 11.6 Å². The SMILES string of the molecule is CC=C(C)C(=O)OCCCCCCCC(C)O. The van der Waals surface area contributed by atoms with E-state index in [0.717, 1.165) is 38.5 Å². The third-order valence-electron chi connectivity index (χ3n) is 2.75. The number of hydrogen-bond acceptors (Lipinski definition) is 3. The second-order valence-corrected chi connectivity index (χ2v) is 4.51. The summed E-state index contributed by atoms with van der Waals surface area (Å²) < 4.78 is 5.09. The van der Waals surface area contributed by atoms with Gasteiger partial charge < -0.3 is 9.84 Å². The highest BCUT2D eigenvalue weighted by Gasteiger charge is 2.03. The van der Waals surface area contributed by atoms with Crippen LogP contribution >= 0.6 is 0 Å². The number of esters is 1. The molecular weight excluding hydrogens is 216 g/mol. The smallest absolute Gasteiger partial charge is 0.333 e. The molecule has 0 aliphatic heterocycles. The van der Waals surface area contributed by atoms with E-state index in [1.54, 1.807) is 13.0 Å². The molecule has 0 spiro atoms. The molecular formula is C14H26O3. The van der Waals surface area contributed by atoms with Gasteiger partial charge in [-0.05, 0) is 33.6 Å². The van der Waals surface area contributed by atoms with Crippen molar-refractivity contribution in [2.75, 3.05) is 6.61 Å². The van der Waals surface area contributed by atoms with E-state index < -0.39 is 0 Å². The Morgan fingerprint density at radius 2 is 1.82 bits per heavy atom. The molecule has 0 amide bonds. The number of carbonyl (C=O) groups is 1. The van der Waals surface area contributed by atoms with Crippen LogP contribution in [0.1, 0.15) is 59.3 Å². The van der Waals surface area contributed by atoms with E-state index in [1.807, 2.05) is 13.8 Å². The second-order valence-electron chi connectivity index (χ2n) is 4.51. The molecule has 1 atom stereocenters. The van der Waals surface area contributed by atoms with Crippen LogP contribution in [0.5, 0.6) is 0 Å². The van der Waals surface area contributed by atoms with E-state index >= 15 is 0 Å². The number of aliphatic hydroxyl groups excluding tert-OH is 1. The molecule has 0 bridgehead atoms. The molecule has 100 valence electrons. The van der Waals surface area contributed by atoms with Crippen molar-refractivity contribution in [1.29, 1.82) is 0 Å². The van der Waals surface area contributed by atoms with Gasteiger partial charge in [0.1, 0.15) is 0 Å². The quantitative estimate of drug-likeness (QED) is 0.383. The molecule has 0 heterocycles. The summed E-state index contributed by atoms with van der Waals surface area (Å²) in [5, 5.41) is 9.07. The lowest BCUT2D eigenvalue weighted by Crippen LogP contribution is -2.06. The zero-order valence-corrected chi connectivity index (χ0v) is 11.4. The summed E-state index contributed by atoms with van der Waals surface area (Å²) in [4.78, 5) is 11.3. The molecule has 0 saturated carbocycles. The molecule has 0 rings (SSSR count). The van der Waals surface area contributed by atoms with Gasteiger partial charge in [0.05, 0.1) is 12.7 Å². The Bertz CT molecular complexity index is 232. The summed E-state index contributed by atoms with van der Waals surface area (Å²) in [6, 6.07) is 0. The minimum absolute atomic E-state index is 0.181. The highest BCUT2D eigenvalue weighted by molar-refractivity contribution is 5.87. The standard InChI is InChI=1S/C14H26O3/c1-4-12(2)14(16)17-11-9-7-5-6-8-10-13(3)15/h4,13,15H,5-11H2,1-3H3. The predicted molar refractivity (Wildman–Crippen MR) is 69.8 cm³/mol. The lowest BCUT2D eigenvalue weighted by atomic mass is 10.1. The van der Waals surface area contributed by atoms with Gasteiger partial charge >= 0.3 is 5.97 Å². The summed E-state index contributed by atoms with van der Waals surface area (Å²) in [6.45, 7) is 5.93. The molecule has 17 heavy (non-hydrogen) atoms. The largest absolute Gasteiger partial charge is 0.462 e. The van der Waals surface area contributed by atoms with E-state index in [2.05, 4.69) is 0 Å². The van der Waals surface area contributed by atoms with Crippen LogP contribution in [0.15, 0.2) is 11.6 Å². The summed E-state index contributed by atoms with van der Waals surface area (Å²) >= 11 is 0. The number of rotatable bonds is 9. The van der Waals surface area contributed by atoms with Crippen molar-refractivity contribution < 1.29 is 14.6 Å². The number of aliphatic hydroxyl groups is 1. The molecule has 3 nitrogen and oxygen atoms in total. The highest BCUT2D eigenvalue weighted by atomic mass is 16.5. The fraction of sp³-hybridized carbons (Fsp3) is 0.786. The number of carbonyl (C=O) groups excluding carboxylic acids is 1. The van der Waals surface area contributed by atoms with E-state index in [0.29, 0.717) is 12.2 Å². The number of ether oxygens (including phenoxy) is 1. The van der Waals surface area contributed by atoms with Crippen LogP contribution in [-0.4, -0.2) is 23.8 Å². The van der Waals surface area contributed by atoms with Gasteiger partial charge in [-0.25, -0.2) is 4.79 Å². The third kappa shape index (κ3) is 10.1. The van der Waals surface area contributed by atoms with Crippen LogP contribution in [0, 0.1) is 0 Å². The van der Waals surface area contributed by atoms with Crippen molar-refractivity contribution in [2.24, 2.45) is 0 Å². The topological polar surface area (TPSA) is 46.5 Å². The Balaban J connectivity index is 3.27.